The third kappa shape index (κ3) is 2.53. The number of rotatable bonds is 3. The second-order valence-corrected chi connectivity index (χ2v) is 7.13. The fourth-order valence-electron chi connectivity index (χ4n) is 4.38. The van der Waals surface area contributed by atoms with E-state index >= 15 is 0 Å². The number of carbonyl (C=O) groups excluding carboxylic acids is 1. The predicted octanol–water partition coefficient (Wildman–Crippen LogP) is 3.23. The van der Waals surface area contributed by atoms with Crippen LogP contribution in [0.5, 0.6) is 0 Å². The summed E-state index contributed by atoms with van der Waals surface area (Å²) in [6.45, 7) is 0.782. The molecule has 0 saturated carbocycles. The molecule has 0 radical (unpaired) electrons. The molecule has 0 aliphatic carbocycles. The van der Waals surface area contributed by atoms with Crippen LogP contribution in [-0.2, 0) is 17.6 Å². The number of anilines is 1. The Morgan fingerprint density at radius 1 is 1.07 bits per heavy atom. The van der Waals surface area contributed by atoms with E-state index in [2.05, 4.69) is 33.8 Å². The number of hydrogen-bond acceptors (Lipinski definition) is 3. The maximum absolute atomic E-state index is 12.2. The second kappa shape index (κ2) is 6.10. The molecule has 1 amide bonds. The third-order valence-corrected chi connectivity index (χ3v) is 5.54. The average molecular weight is 354 g/mol. The second-order valence-electron chi connectivity index (χ2n) is 7.13. The van der Waals surface area contributed by atoms with Crippen molar-refractivity contribution in [3.8, 4) is 6.07 Å². The molecule has 1 unspecified atom stereocenters. The minimum atomic E-state index is -0.0472. The predicted molar refractivity (Wildman–Crippen MR) is 101 cm³/mol. The SMILES string of the molecule is N#Cc1cccc(C(c2cc3c4c(c2)CCN4C(=O)CC3)n2ccnc2)c1. The first-order chi connectivity index (χ1) is 13.2. The van der Waals surface area contributed by atoms with E-state index < -0.39 is 0 Å². The first-order valence-electron chi connectivity index (χ1n) is 9.18. The van der Waals surface area contributed by atoms with Crippen LogP contribution in [0.2, 0.25) is 0 Å². The molecule has 3 aromatic rings. The molecule has 0 spiro atoms. The van der Waals surface area contributed by atoms with Gasteiger partial charge < -0.3 is 9.47 Å². The van der Waals surface area contributed by atoms with Crippen LogP contribution in [0.3, 0.4) is 0 Å². The van der Waals surface area contributed by atoms with E-state index in [9.17, 15) is 10.1 Å². The molecular weight excluding hydrogens is 336 g/mol. The highest BCUT2D eigenvalue weighted by Crippen LogP contribution is 2.40. The van der Waals surface area contributed by atoms with Crippen LogP contribution in [0.15, 0.2) is 55.1 Å². The molecule has 2 aliphatic rings. The number of hydrogen-bond donors (Lipinski definition) is 0. The van der Waals surface area contributed by atoms with Crippen molar-refractivity contribution < 1.29 is 4.79 Å². The molecule has 0 saturated heterocycles. The molecular formula is C22H18N4O. The van der Waals surface area contributed by atoms with Crippen molar-refractivity contribution >= 4 is 11.6 Å². The maximum atomic E-state index is 12.2. The molecule has 0 N–H and O–H groups in total. The number of benzene rings is 2. The number of carbonyl (C=O) groups is 1. The Bertz CT molecular complexity index is 1080. The first-order valence-corrected chi connectivity index (χ1v) is 9.18. The Balaban J connectivity index is 1.68. The van der Waals surface area contributed by atoms with Gasteiger partial charge in [0, 0.05) is 25.4 Å². The van der Waals surface area contributed by atoms with E-state index in [0.717, 1.165) is 30.6 Å². The topological polar surface area (TPSA) is 61.9 Å². The molecule has 1 atom stereocenters. The molecule has 5 nitrogen and oxygen atoms in total. The highest BCUT2D eigenvalue weighted by atomic mass is 16.2. The minimum Gasteiger partial charge on any atom is -0.326 e. The normalized spacial score (nSPS) is 16.1. The Labute approximate surface area is 157 Å². The first kappa shape index (κ1) is 15.8. The lowest BCUT2D eigenvalue weighted by atomic mass is 9.90. The molecule has 5 rings (SSSR count). The summed E-state index contributed by atoms with van der Waals surface area (Å²) < 4.78 is 2.08. The summed E-state index contributed by atoms with van der Waals surface area (Å²) in [5.41, 5.74) is 6.51. The van der Waals surface area contributed by atoms with Gasteiger partial charge in [0.25, 0.3) is 0 Å². The molecule has 0 bridgehead atoms. The summed E-state index contributed by atoms with van der Waals surface area (Å²) in [5, 5.41) is 9.31. The summed E-state index contributed by atoms with van der Waals surface area (Å²) in [6, 6.07) is 14.4. The van der Waals surface area contributed by atoms with Crippen molar-refractivity contribution in [2.24, 2.45) is 0 Å². The van der Waals surface area contributed by atoms with Gasteiger partial charge in [0.1, 0.15) is 0 Å². The van der Waals surface area contributed by atoms with Gasteiger partial charge in [-0.3, -0.25) is 4.79 Å². The molecule has 5 heteroatoms. The molecule has 3 heterocycles. The fraction of sp³-hybridized carbons (Fsp3) is 0.227. The van der Waals surface area contributed by atoms with Crippen LogP contribution in [0, 0.1) is 11.3 Å². The van der Waals surface area contributed by atoms with Crippen molar-refractivity contribution in [1.82, 2.24) is 9.55 Å². The Kier molecular flexibility index (Phi) is 3.58. The van der Waals surface area contributed by atoms with Gasteiger partial charge in [-0.1, -0.05) is 24.3 Å². The van der Waals surface area contributed by atoms with Gasteiger partial charge in [-0.25, -0.2) is 4.98 Å². The van der Waals surface area contributed by atoms with Crippen LogP contribution in [0.1, 0.15) is 40.3 Å². The molecule has 1 aromatic heterocycles. The zero-order valence-corrected chi connectivity index (χ0v) is 14.8. The van der Waals surface area contributed by atoms with E-state index in [1.165, 1.54) is 16.7 Å². The summed E-state index contributed by atoms with van der Waals surface area (Å²) in [7, 11) is 0. The fourth-order valence-corrected chi connectivity index (χ4v) is 4.38. The standard InChI is InChI=1S/C22H18N4O/c23-13-15-2-1-3-16(10-15)21(25-9-7-24-14-25)19-11-17-4-5-20(27)26-8-6-18(12-19)22(17)26/h1-3,7,9-12,14,21H,4-6,8H2. The Hall–Kier alpha value is -3.39. The Morgan fingerprint density at radius 3 is 2.70 bits per heavy atom. The van der Waals surface area contributed by atoms with Crippen LogP contribution >= 0.6 is 0 Å². The lowest BCUT2D eigenvalue weighted by Crippen LogP contribution is -2.32. The zero-order valence-electron chi connectivity index (χ0n) is 14.8. The highest BCUT2D eigenvalue weighted by molar-refractivity contribution is 5.98. The van der Waals surface area contributed by atoms with Crippen molar-refractivity contribution in [1.29, 1.82) is 5.26 Å². The van der Waals surface area contributed by atoms with E-state index in [4.69, 9.17) is 0 Å². The number of imidazole rings is 1. The number of nitrogens with zero attached hydrogens (tertiary/aromatic N) is 4. The van der Waals surface area contributed by atoms with Crippen molar-refractivity contribution in [2.75, 3.05) is 11.4 Å². The lowest BCUT2D eigenvalue weighted by Gasteiger charge is -2.27. The van der Waals surface area contributed by atoms with Gasteiger partial charge in [-0.05, 0) is 47.2 Å². The molecule has 132 valence electrons. The van der Waals surface area contributed by atoms with Gasteiger partial charge in [0.2, 0.25) is 5.91 Å². The summed E-state index contributed by atoms with van der Waals surface area (Å²) in [4.78, 5) is 18.4. The quantitative estimate of drug-likeness (QED) is 0.725. The van der Waals surface area contributed by atoms with Crippen molar-refractivity contribution in [3.63, 3.8) is 0 Å². The van der Waals surface area contributed by atoms with Crippen molar-refractivity contribution in [3.05, 3.63) is 82.9 Å². The van der Waals surface area contributed by atoms with Gasteiger partial charge in [-0.15, -0.1) is 0 Å². The van der Waals surface area contributed by atoms with Crippen LogP contribution in [0.25, 0.3) is 0 Å². The monoisotopic (exact) mass is 354 g/mol. The lowest BCUT2D eigenvalue weighted by molar-refractivity contribution is -0.118. The van der Waals surface area contributed by atoms with Crippen molar-refractivity contribution in [2.45, 2.75) is 25.3 Å². The number of aryl methyl sites for hydroxylation is 1. The zero-order chi connectivity index (χ0) is 18.4. The van der Waals surface area contributed by atoms with Crippen LogP contribution in [0.4, 0.5) is 5.69 Å². The van der Waals surface area contributed by atoms with E-state index in [0.29, 0.717) is 12.0 Å². The van der Waals surface area contributed by atoms with E-state index in [1.54, 1.807) is 6.20 Å². The summed E-state index contributed by atoms with van der Waals surface area (Å²) >= 11 is 0. The van der Waals surface area contributed by atoms with Gasteiger partial charge in [-0.2, -0.15) is 5.26 Å². The summed E-state index contributed by atoms with van der Waals surface area (Å²) in [5.74, 6) is 0.238. The minimum absolute atomic E-state index is 0.0472. The maximum Gasteiger partial charge on any atom is 0.227 e. The highest BCUT2D eigenvalue weighted by Gasteiger charge is 2.32. The van der Waals surface area contributed by atoms with Crippen LogP contribution < -0.4 is 4.90 Å². The van der Waals surface area contributed by atoms with E-state index in [-0.39, 0.29) is 11.9 Å². The largest absolute Gasteiger partial charge is 0.326 e. The summed E-state index contributed by atoms with van der Waals surface area (Å²) in [6.07, 6.45) is 7.82. The number of aromatic nitrogens is 2. The third-order valence-electron chi connectivity index (χ3n) is 5.54. The van der Waals surface area contributed by atoms with Gasteiger partial charge >= 0.3 is 0 Å². The van der Waals surface area contributed by atoms with Gasteiger partial charge in [0.15, 0.2) is 0 Å². The molecule has 2 aromatic carbocycles. The van der Waals surface area contributed by atoms with Gasteiger partial charge in [0.05, 0.1) is 29.7 Å². The Morgan fingerprint density at radius 2 is 1.93 bits per heavy atom. The number of nitriles is 1. The molecule has 27 heavy (non-hydrogen) atoms. The van der Waals surface area contributed by atoms with E-state index in [1.807, 2.05) is 35.6 Å². The smallest absolute Gasteiger partial charge is 0.227 e. The molecule has 2 aliphatic heterocycles. The average Bonchev–Trinajstić information content (AvgIpc) is 3.36. The number of amides is 1. The molecule has 0 fully saturated rings. The van der Waals surface area contributed by atoms with Crippen LogP contribution in [-0.4, -0.2) is 22.0 Å².